The Morgan fingerprint density at radius 3 is 2.69 bits per heavy atom. The predicted octanol–water partition coefficient (Wildman–Crippen LogP) is 1.34. The van der Waals surface area contributed by atoms with Crippen molar-refractivity contribution in [2.24, 2.45) is 0 Å². The lowest BCUT2D eigenvalue weighted by Crippen LogP contribution is -2.33. The SMILES string of the molecule is Cc1cc(NC(=O)NCC(=O)O)ccc1F. The Hall–Kier alpha value is -2.11. The van der Waals surface area contributed by atoms with Crippen molar-refractivity contribution < 1.29 is 19.1 Å². The molecule has 16 heavy (non-hydrogen) atoms. The molecule has 0 unspecified atom stereocenters. The van der Waals surface area contributed by atoms with Gasteiger partial charge in [0.25, 0.3) is 0 Å². The Labute approximate surface area is 91.3 Å². The molecule has 0 aromatic heterocycles. The van der Waals surface area contributed by atoms with Gasteiger partial charge in [-0.15, -0.1) is 0 Å². The number of hydrogen-bond donors (Lipinski definition) is 3. The second-order valence-corrected chi connectivity index (χ2v) is 3.17. The number of aliphatic carboxylic acids is 1. The molecule has 0 atom stereocenters. The first-order valence-corrected chi connectivity index (χ1v) is 4.52. The molecule has 1 aromatic rings. The summed E-state index contributed by atoms with van der Waals surface area (Å²) in [5, 5.41) is 12.8. The van der Waals surface area contributed by atoms with E-state index in [2.05, 4.69) is 10.6 Å². The number of rotatable bonds is 3. The highest BCUT2D eigenvalue weighted by Gasteiger charge is 2.05. The van der Waals surface area contributed by atoms with E-state index in [-0.39, 0.29) is 5.82 Å². The van der Waals surface area contributed by atoms with Crippen LogP contribution in [0.4, 0.5) is 14.9 Å². The molecular formula is C10H11FN2O3. The zero-order chi connectivity index (χ0) is 12.1. The van der Waals surface area contributed by atoms with Gasteiger partial charge in [0.2, 0.25) is 0 Å². The summed E-state index contributed by atoms with van der Waals surface area (Å²) < 4.78 is 12.9. The lowest BCUT2D eigenvalue weighted by atomic mass is 10.2. The molecule has 0 spiro atoms. The third-order valence-corrected chi connectivity index (χ3v) is 1.82. The van der Waals surface area contributed by atoms with Crippen molar-refractivity contribution in [3.05, 3.63) is 29.6 Å². The first kappa shape index (κ1) is 12.0. The topological polar surface area (TPSA) is 78.4 Å². The Morgan fingerprint density at radius 1 is 1.44 bits per heavy atom. The minimum Gasteiger partial charge on any atom is -0.480 e. The number of carboxylic acids is 1. The largest absolute Gasteiger partial charge is 0.480 e. The van der Waals surface area contributed by atoms with E-state index in [1.54, 1.807) is 6.92 Å². The Kier molecular flexibility index (Phi) is 3.82. The number of benzene rings is 1. The van der Waals surface area contributed by atoms with E-state index in [4.69, 9.17) is 5.11 Å². The van der Waals surface area contributed by atoms with Crippen LogP contribution in [0.1, 0.15) is 5.56 Å². The van der Waals surface area contributed by atoms with E-state index in [0.29, 0.717) is 11.3 Å². The molecular weight excluding hydrogens is 215 g/mol. The van der Waals surface area contributed by atoms with Crippen LogP contribution < -0.4 is 10.6 Å². The highest BCUT2D eigenvalue weighted by atomic mass is 19.1. The van der Waals surface area contributed by atoms with Gasteiger partial charge in [0.05, 0.1) is 0 Å². The van der Waals surface area contributed by atoms with Gasteiger partial charge >= 0.3 is 12.0 Å². The van der Waals surface area contributed by atoms with E-state index in [1.807, 2.05) is 0 Å². The molecule has 0 saturated heterocycles. The van der Waals surface area contributed by atoms with Gasteiger partial charge in [-0.1, -0.05) is 0 Å². The van der Waals surface area contributed by atoms with Crippen LogP contribution in [0.25, 0.3) is 0 Å². The summed E-state index contributed by atoms with van der Waals surface area (Å²) in [6.07, 6.45) is 0. The van der Waals surface area contributed by atoms with Crippen LogP contribution in [0, 0.1) is 12.7 Å². The Bertz CT molecular complexity index is 421. The van der Waals surface area contributed by atoms with Crippen molar-refractivity contribution in [3.8, 4) is 0 Å². The second kappa shape index (κ2) is 5.11. The highest BCUT2D eigenvalue weighted by Crippen LogP contribution is 2.13. The zero-order valence-electron chi connectivity index (χ0n) is 8.58. The van der Waals surface area contributed by atoms with Gasteiger partial charge < -0.3 is 15.7 Å². The van der Waals surface area contributed by atoms with E-state index in [9.17, 15) is 14.0 Å². The van der Waals surface area contributed by atoms with Crippen LogP contribution in [0.5, 0.6) is 0 Å². The fourth-order valence-electron chi connectivity index (χ4n) is 1.05. The Morgan fingerprint density at radius 2 is 2.12 bits per heavy atom. The first-order valence-electron chi connectivity index (χ1n) is 4.52. The minimum absolute atomic E-state index is 0.364. The molecule has 0 aliphatic carbocycles. The number of urea groups is 1. The predicted molar refractivity (Wildman–Crippen MR) is 55.8 cm³/mol. The van der Waals surface area contributed by atoms with Crippen molar-refractivity contribution in [1.82, 2.24) is 5.32 Å². The van der Waals surface area contributed by atoms with Crippen LogP contribution >= 0.6 is 0 Å². The number of halogens is 1. The summed E-state index contributed by atoms with van der Waals surface area (Å²) in [6, 6.07) is 3.42. The van der Waals surface area contributed by atoms with Gasteiger partial charge in [0.15, 0.2) is 0 Å². The molecule has 0 aliphatic rings. The highest BCUT2D eigenvalue weighted by molar-refractivity contribution is 5.91. The van der Waals surface area contributed by atoms with Crippen molar-refractivity contribution >= 4 is 17.7 Å². The quantitative estimate of drug-likeness (QED) is 0.727. The lowest BCUT2D eigenvalue weighted by Gasteiger charge is -2.06. The average molecular weight is 226 g/mol. The standard InChI is InChI=1S/C10H11FN2O3/c1-6-4-7(2-3-8(6)11)13-10(16)12-5-9(14)15/h2-4H,5H2,1H3,(H,14,15)(H2,12,13,16). The molecule has 0 radical (unpaired) electrons. The monoisotopic (exact) mass is 226 g/mol. The Balaban J connectivity index is 2.56. The number of aryl methyl sites for hydroxylation is 1. The molecule has 0 heterocycles. The number of hydrogen-bond acceptors (Lipinski definition) is 2. The molecule has 1 rings (SSSR count). The van der Waals surface area contributed by atoms with Gasteiger partial charge in [-0.3, -0.25) is 4.79 Å². The molecule has 6 heteroatoms. The number of carboxylic acid groups (broad SMARTS) is 1. The van der Waals surface area contributed by atoms with Crippen molar-refractivity contribution in [3.63, 3.8) is 0 Å². The van der Waals surface area contributed by atoms with E-state index in [0.717, 1.165) is 0 Å². The van der Waals surface area contributed by atoms with Crippen molar-refractivity contribution in [2.45, 2.75) is 6.92 Å². The molecule has 2 amide bonds. The van der Waals surface area contributed by atoms with Crippen LogP contribution in [0.2, 0.25) is 0 Å². The molecule has 5 nitrogen and oxygen atoms in total. The maximum Gasteiger partial charge on any atom is 0.323 e. The van der Waals surface area contributed by atoms with Gasteiger partial charge in [0.1, 0.15) is 12.4 Å². The van der Waals surface area contributed by atoms with E-state index >= 15 is 0 Å². The molecule has 1 aromatic carbocycles. The summed E-state index contributed by atoms with van der Waals surface area (Å²) in [5.41, 5.74) is 0.804. The molecule has 0 bridgehead atoms. The fraction of sp³-hybridized carbons (Fsp3) is 0.200. The zero-order valence-corrected chi connectivity index (χ0v) is 8.58. The van der Waals surface area contributed by atoms with Crippen molar-refractivity contribution in [2.75, 3.05) is 11.9 Å². The van der Waals surface area contributed by atoms with Gasteiger partial charge in [-0.05, 0) is 30.7 Å². The maximum absolute atomic E-state index is 12.9. The summed E-state index contributed by atoms with van der Waals surface area (Å²) in [6.45, 7) is 1.10. The molecule has 0 fully saturated rings. The summed E-state index contributed by atoms with van der Waals surface area (Å²) in [5.74, 6) is -1.50. The molecule has 3 N–H and O–H groups in total. The lowest BCUT2D eigenvalue weighted by molar-refractivity contribution is -0.135. The van der Waals surface area contributed by atoms with Crippen LogP contribution in [0.15, 0.2) is 18.2 Å². The third kappa shape index (κ3) is 3.56. The minimum atomic E-state index is -1.13. The van der Waals surface area contributed by atoms with Crippen LogP contribution in [-0.2, 0) is 4.79 Å². The van der Waals surface area contributed by atoms with Gasteiger partial charge in [0, 0.05) is 5.69 Å². The maximum atomic E-state index is 12.9. The first-order chi connectivity index (χ1) is 7.49. The van der Waals surface area contributed by atoms with Crippen molar-refractivity contribution in [1.29, 1.82) is 0 Å². The van der Waals surface area contributed by atoms with E-state index in [1.165, 1.54) is 18.2 Å². The summed E-state index contributed by atoms with van der Waals surface area (Å²) in [4.78, 5) is 21.3. The number of nitrogens with one attached hydrogen (secondary N) is 2. The normalized spacial score (nSPS) is 9.62. The smallest absolute Gasteiger partial charge is 0.323 e. The summed E-state index contributed by atoms with van der Waals surface area (Å²) >= 11 is 0. The fourth-order valence-corrected chi connectivity index (χ4v) is 1.05. The summed E-state index contributed by atoms with van der Waals surface area (Å²) in [7, 11) is 0. The number of anilines is 1. The molecule has 0 saturated carbocycles. The van der Waals surface area contributed by atoms with E-state index < -0.39 is 18.5 Å². The van der Waals surface area contributed by atoms with Crippen LogP contribution in [-0.4, -0.2) is 23.7 Å². The second-order valence-electron chi connectivity index (χ2n) is 3.17. The third-order valence-electron chi connectivity index (χ3n) is 1.82. The van der Waals surface area contributed by atoms with Gasteiger partial charge in [-0.2, -0.15) is 0 Å². The average Bonchev–Trinajstić information content (AvgIpc) is 2.21. The molecule has 86 valence electrons. The van der Waals surface area contributed by atoms with Gasteiger partial charge in [-0.25, -0.2) is 9.18 Å². The number of carbonyl (C=O) groups is 2. The van der Waals surface area contributed by atoms with Crippen LogP contribution in [0.3, 0.4) is 0 Å². The molecule has 0 aliphatic heterocycles. The number of amides is 2. The number of carbonyl (C=O) groups excluding carboxylic acids is 1.